The van der Waals surface area contributed by atoms with Gasteiger partial charge in [-0.15, -0.1) is 0 Å². The Morgan fingerprint density at radius 2 is 2.40 bits per heavy atom. The van der Waals surface area contributed by atoms with Crippen LogP contribution in [0, 0.1) is 5.82 Å². The van der Waals surface area contributed by atoms with E-state index in [1.54, 1.807) is 4.90 Å². The fourth-order valence-electron chi connectivity index (χ4n) is 1.80. The van der Waals surface area contributed by atoms with Crippen molar-refractivity contribution in [2.45, 2.75) is 25.9 Å². The average Bonchev–Trinajstić information content (AvgIpc) is 2.65. The fraction of sp³-hybridized carbons (Fsp3) is 0.600. The molecule has 0 radical (unpaired) electrons. The maximum Gasteiger partial charge on any atom is 0.187 e. The van der Waals surface area contributed by atoms with Crippen molar-refractivity contribution in [2.75, 3.05) is 18.0 Å². The van der Waals surface area contributed by atoms with Crippen LogP contribution < -0.4 is 4.90 Å². The van der Waals surface area contributed by atoms with E-state index in [2.05, 4.69) is 9.97 Å². The SMILES string of the molecule is CCc1ncnc(N2CCC(O)C2)c1F. The summed E-state index contributed by atoms with van der Waals surface area (Å²) in [6, 6.07) is 0. The number of aromatic nitrogens is 2. The van der Waals surface area contributed by atoms with E-state index in [0.717, 1.165) is 0 Å². The Bertz CT molecular complexity index is 359. The van der Waals surface area contributed by atoms with E-state index in [-0.39, 0.29) is 11.9 Å². The number of aliphatic hydroxyl groups is 1. The Hall–Kier alpha value is -1.23. The number of anilines is 1. The Kier molecular flexibility index (Phi) is 2.81. The molecule has 5 heteroatoms. The number of aryl methyl sites for hydroxylation is 1. The molecular weight excluding hydrogens is 197 g/mol. The Balaban J connectivity index is 2.28. The summed E-state index contributed by atoms with van der Waals surface area (Å²) in [5.74, 6) is -0.0347. The van der Waals surface area contributed by atoms with E-state index in [9.17, 15) is 9.50 Å². The van der Waals surface area contributed by atoms with E-state index in [4.69, 9.17) is 0 Å². The van der Waals surface area contributed by atoms with Gasteiger partial charge in [-0.1, -0.05) is 6.92 Å². The maximum absolute atomic E-state index is 13.8. The first-order valence-electron chi connectivity index (χ1n) is 5.14. The zero-order valence-corrected chi connectivity index (χ0v) is 8.65. The Morgan fingerprint density at radius 1 is 1.60 bits per heavy atom. The first-order valence-corrected chi connectivity index (χ1v) is 5.14. The molecule has 1 saturated heterocycles. The van der Waals surface area contributed by atoms with Gasteiger partial charge < -0.3 is 10.0 Å². The van der Waals surface area contributed by atoms with Gasteiger partial charge in [0.25, 0.3) is 0 Å². The van der Waals surface area contributed by atoms with Crippen LogP contribution in [0.25, 0.3) is 0 Å². The minimum absolute atomic E-state index is 0.318. The normalized spacial score (nSPS) is 21.0. The molecule has 0 saturated carbocycles. The minimum Gasteiger partial charge on any atom is -0.391 e. The number of β-amino-alcohol motifs (C(OH)–C–C–N with tert-alkyl or cyclic N) is 1. The molecule has 1 aromatic heterocycles. The lowest BCUT2D eigenvalue weighted by Crippen LogP contribution is -2.24. The van der Waals surface area contributed by atoms with Crippen LogP contribution in [0.1, 0.15) is 19.0 Å². The fourth-order valence-corrected chi connectivity index (χ4v) is 1.80. The van der Waals surface area contributed by atoms with Crippen LogP contribution in [-0.4, -0.2) is 34.3 Å². The molecule has 0 bridgehead atoms. The molecule has 2 rings (SSSR count). The summed E-state index contributed by atoms with van der Waals surface area (Å²) in [7, 11) is 0. The highest BCUT2D eigenvalue weighted by Crippen LogP contribution is 2.22. The molecule has 1 fully saturated rings. The lowest BCUT2D eigenvalue weighted by Gasteiger charge is -2.17. The van der Waals surface area contributed by atoms with Crippen molar-refractivity contribution in [2.24, 2.45) is 0 Å². The molecule has 1 aromatic rings. The zero-order valence-electron chi connectivity index (χ0n) is 8.65. The molecule has 0 amide bonds. The molecule has 0 aliphatic carbocycles. The van der Waals surface area contributed by atoms with Crippen molar-refractivity contribution < 1.29 is 9.50 Å². The predicted octanol–water partition coefficient (Wildman–Crippen LogP) is 0.749. The van der Waals surface area contributed by atoms with Crippen molar-refractivity contribution in [3.8, 4) is 0 Å². The number of rotatable bonds is 2. The van der Waals surface area contributed by atoms with Crippen molar-refractivity contribution in [3.05, 3.63) is 17.8 Å². The van der Waals surface area contributed by atoms with E-state index in [1.165, 1.54) is 6.33 Å². The van der Waals surface area contributed by atoms with Gasteiger partial charge in [0, 0.05) is 13.1 Å². The molecule has 0 spiro atoms. The van der Waals surface area contributed by atoms with Gasteiger partial charge in [-0.05, 0) is 12.8 Å². The Labute approximate surface area is 87.8 Å². The molecule has 1 aliphatic rings. The molecule has 1 N–H and O–H groups in total. The molecule has 15 heavy (non-hydrogen) atoms. The summed E-state index contributed by atoms with van der Waals surface area (Å²) < 4.78 is 13.8. The second kappa shape index (κ2) is 4.10. The lowest BCUT2D eigenvalue weighted by atomic mass is 10.3. The second-order valence-corrected chi connectivity index (χ2v) is 3.70. The number of hydrogen-bond donors (Lipinski definition) is 1. The largest absolute Gasteiger partial charge is 0.391 e. The lowest BCUT2D eigenvalue weighted by molar-refractivity contribution is 0.198. The van der Waals surface area contributed by atoms with Crippen LogP contribution in [-0.2, 0) is 6.42 Å². The summed E-state index contributed by atoms with van der Waals surface area (Å²) in [4.78, 5) is 9.57. The molecule has 82 valence electrons. The van der Waals surface area contributed by atoms with Gasteiger partial charge in [0.2, 0.25) is 0 Å². The van der Waals surface area contributed by atoms with Crippen LogP contribution in [0.5, 0.6) is 0 Å². The molecule has 1 unspecified atom stereocenters. The average molecular weight is 211 g/mol. The number of hydrogen-bond acceptors (Lipinski definition) is 4. The third-order valence-electron chi connectivity index (χ3n) is 2.64. The second-order valence-electron chi connectivity index (χ2n) is 3.70. The van der Waals surface area contributed by atoms with Crippen LogP contribution >= 0.6 is 0 Å². The Morgan fingerprint density at radius 3 is 3.00 bits per heavy atom. The highest BCUT2D eigenvalue weighted by Gasteiger charge is 2.24. The van der Waals surface area contributed by atoms with E-state index < -0.39 is 0 Å². The van der Waals surface area contributed by atoms with E-state index in [1.807, 2.05) is 6.92 Å². The molecule has 4 nitrogen and oxygen atoms in total. The van der Waals surface area contributed by atoms with Crippen LogP contribution in [0.3, 0.4) is 0 Å². The summed E-state index contributed by atoms with van der Waals surface area (Å²) >= 11 is 0. The number of halogens is 1. The smallest absolute Gasteiger partial charge is 0.187 e. The van der Waals surface area contributed by atoms with Gasteiger partial charge in [0.05, 0.1) is 11.8 Å². The first-order chi connectivity index (χ1) is 7.22. The first kappa shape index (κ1) is 10.3. The van der Waals surface area contributed by atoms with Gasteiger partial charge in [0.15, 0.2) is 11.6 Å². The van der Waals surface area contributed by atoms with E-state index in [0.29, 0.717) is 37.4 Å². The highest BCUT2D eigenvalue weighted by atomic mass is 19.1. The number of nitrogens with zero attached hydrogens (tertiary/aromatic N) is 3. The quantitative estimate of drug-likeness (QED) is 0.784. The molecule has 2 heterocycles. The van der Waals surface area contributed by atoms with Crippen molar-refractivity contribution >= 4 is 5.82 Å². The van der Waals surface area contributed by atoms with Gasteiger partial charge in [-0.3, -0.25) is 0 Å². The van der Waals surface area contributed by atoms with Gasteiger partial charge in [0.1, 0.15) is 6.33 Å². The molecular formula is C10H14FN3O. The van der Waals surface area contributed by atoms with Crippen LogP contribution in [0.2, 0.25) is 0 Å². The summed E-state index contributed by atoms with van der Waals surface area (Å²) in [5, 5.41) is 9.37. The maximum atomic E-state index is 13.8. The molecule has 1 atom stereocenters. The van der Waals surface area contributed by atoms with E-state index >= 15 is 0 Å². The number of aliphatic hydroxyl groups excluding tert-OH is 1. The molecule has 0 aromatic carbocycles. The van der Waals surface area contributed by atoms with Gasteiger partial charge in [-0.25, -0.2) is 14.4 Å². The van der Waals surface area contributed by atoms with Gasteiger partial charge in [-0.2, -0.15) is 0 Å². The third kappa shape index (κ3) is 1.92. The van der Waals surface area contributed by atoms with Crippen molar-refractivity contribution in [1.29, 1.82) is 0 Å². The van der Waals surface area contributed by atoms with Crippen molar-refractivity contribution in [1.82, 2.24) is 9.97 Å². The zero-order chi connectivity index (χ0) is 10.8. The standard InChI is InChI=1S/C10H14FN3O/c1-2-8-9(11)10(13-6-12-8)14-4-3-7(15)5-14/h6-7,15H,2-5H2,1H3. The molecule has 1 aliphatic heterocycles. The predicted molar refractivity (Wildman–Crippen MR) is 54.2 cm³/mol. The summed E-state index contributed by atoms with van der Waals surface area (Å²) in [6.45, 7) is 2.96. The van der Waals surface area contributed by atoms with Crippen LogP contribution in [0.4, 0.5) is 10.2 Å². The van der Waals surface area contributed by atoms with Crippen molar-refractivity contribution in [3.63, 3.8) is 0 Å². The monoisotopic (exact) mass is 211 g/mol. The topological polar surface area (TPSA) is 49.2 Å². The summed E-state index contributed by atoms with van der Waals surface area (Å²) in [5.41, 5.74) is 0.432. The van der Waals surface area contributed by atoms with Gasteiger partial charge >= 0.3 is 0 Å². The summed E-state index contributed by atoms with van der Waals surface area (Å²) in [6.07, 6.45) is 2.23. The minimum atomic E-state index is -0.371. The third-order valence-corrected chi connectivity index (χ3v) is 2.64. The van der Waals surface area contributed by atoms with Crippen LogP contribution in [0.15, 0.2) is 6.33 Å². The highest BCUT2D eigenvalue weighted by molar-refractivity contribution is 5.42.